The molecule has 0 spiro atoms. The van der Waals surface area contributed by atoms with Gasteiger partial charge in [0.2, 0.25) is 5.70 Å². The van der Waals surface area contributed by atoms with E-state index in [9.17, 15) is 30.7 Å². The number of anilines is 1. The van der Waals surface area contributed by atoms with Crippen LogP contribution in [0.5, 0.6) is 0 Å². The minimum Gasteiger partial charge on any atom is -0.469 e. The largest absolute Gasteiger partial charge is 0.469 e. The summed E-state index contributed by atoms with van der Waals surface area (Å²) < 4.78 is 82.9. The van der Waals surface area contributed by atoms with E-state index in [4.69, 9.17) is 9.47 Å². The number of esters is 1. The first kappa shape index (κ1) is 34.7. The number of hydrogen-bond acceptors (Lipinski definition) is 8. The van der Waals surface area contributed by atoms with Crippen LogP contribution in [0.15, 0.2) is 81.1 Å². The molecule has 13 heteroatoms. The molecule has 5 aliphatic heterocycles. The minimum atomic E-state index is -4.35. The highest BCUT2D eigenvalue weighted by molar-refractivity contribution is 7.86. The maximum absolute atomic E-state index is 12.4. The van der Waals surface area contributed by atoms with Crippen molar-refractivity contribution in [3.63, 3.8) is 0 Å². The fourth-order valence-electron chi connectivity index (χ4n) is 10.0. The molecular weight excluding hydrogens is 693 g/mol. The Bertz CT molecular complexity index is 2170. The van der Waals surface area contributed by atoms with Crippen LogP contribution in [0.3, 0.4) is 0 Å². The number of unbranched alkanes of at least 4 members (excludes halogenated alkanes) is 1. The molecule has 11 nitrogen and oxygen atoms in total. The predicted molar refractivity (Wildman–Crippen MR) is 191 cm³/mol. The van der Waals surface area contributed by atoms with Gasteiger partial charge in [0, 0.05) is 53.4 Å². The molecule has 5 atom stereocenters. The molecule has 0 radical (unpaired) electrons. The number of hydrogen-bond donors (Lipinski definition) is 2. The number of rotatable bonds is 7. The van der Waals surface area contributed by atoms with Crippen molar-refractivity contribution < 1.29 is 44.8 Å². The van der Waals surface area contributed by atoms with Crippen molar-refractivity contribution in [2.24, 2.45) is 11.3 Å². The number of allylic oxidation sites excluding steroid dienone is 5. The van der Waals surface area contributed by atoms with Gasteiger partial charge in [-0.3, -0.25) is 13.9 Å². The highest BCUT2D eigenvalue weighted by atomic mass is 32.2. The Morgan fingerprint density at radius 3 is 2.59 bits per heavy atom. The van der Waals surface area contributed by atoms with Crippen LogP contribution in [-0.4, -0.2) is 79.9 Å². The molecule has 0 aromatic heterocycles. The molecule has 1 aromatic carbocycles. The van der Waals surface area contributed by atoms with E-state index in [0.717, 1.165) is 83.8 Å². The molecule has 0 fully saturated rings. The average Bonchev–Trinajstić information content (AvgIpc) is 3.47. The SMILES string of the molecule is COC(=O)CCCCC1(C)C2=C(C=CC(S(=O)(=O)O)C2)[N+]2=C1C1=CC3=CC4=C5N(CC[C@H]4C[C@H]3O[C@H]1CC2)c1ccc(S(=O)(=O)O)cc1C5(C)C. The minimum absolute atomic E-state index is 0.0658. The number of nitrogens with zero attached hydrogens (tertiary/aromatic N) is 2. The van der Waals surface area contributed by atoms with Gasteiger partial charge in [-0.05, 0) is 85.9 Å². The smallest absolute Gasteiger partial charge is 0.305 e. The maximum Gasteiger partial charge on any atom is 0.305 e. The first-order chi connectivity index (χ1) is 24.0. The molecule has 0 saturated carbocycles. The Morgan fingerprint density at radius 1 is 1.08 bits per heavy atom. The molecule has 0 saturated heterocycles. The lowest BCUT2D eigenvalue weighted by atomic mass is 9.68. The molecule has 2 N–H and O–H groups in total. The molecule has 272 valence electrons. The van der Waals surface area contributed by atoms with E-state index in [1.54, 1.807) is 18.2 Å². The number of benzene rings is 1. The van der Waals surface area contributed by atoms with E-state index in [0.29, 0.717) is 19.3 Å². The fourth-order valence-corrected chi connectivity index (χ4v) is 11.2. The van der Waals surface area contributed by atoms with Gasteiger partial charge in [-0.1, -0.05) is 32.4 Å². The molecule has 2 unspecified atom stereocenters. The summed E-state index contributed by atoms with van der Waals surface area (Å²) >= 11 is 0. The summed E-state index contributed by atoms with van der Waals surface area (Å²) in [5, 5.41) is -1.02. The van der Waals surface area contributed by atoms with Gasteiger partial charge >= 0.3 is 5.97 Å². The lowest BCUT2D eigenvalue weighted by Crippen LogP contribution is -2.46. The second kappa shape index (κ2) is 11.8. The van der Waals surface area contributed by atoms with E-state index in [1.807, 2.05) is 6.08 Å². The lowest BCUT2D eigenvalue weighted by Gasteiger charge is -2.44. The van der Waals surface area contributed by atoms with Crippen molar-refractivity contribution in [1.29, 1.82) is 0 Å². The molecule has 8 rings (SSSR count). The van der Waals surface area contributed by atoms with Gasteiger partial charge in [0.25, 0.3) is 20.2 Å². The summed E-state index contributed by atoms with van der Waals surface area (Å²) in [6.07, 6.45) is 13.0. The number of carbonyl (C=O) groups is 1. The number of methoxy groups -OCH3 is 1. The van der Waals surface area contributed by atoms with Gasteiger partial charge in [-0.2, -0.15) is 21.4 Å². The van der Waals surface area contributed by atoms with Crippen molar-refractivity contribution >= 4 is 37.6 Å². The Kier molecular flexibility index (Phi) is 8.05. The summed E-state index contributed by atoms with van der Waals surface area (Å²) in [7, 11) is -7.26. The van der Waals surface area contributed by atoms with Crippen molar-refractivity contribution in [1.82, 2.24) is 0 Å². The second-order valence-electron chi connectivity index (χ2n) is 15.7. The molecule has 1 aromatic rings. The average molecular weight is 738 g/mol. The summed E-state index contributed by atoms with van der Waals surface area (Å²) in [4.78, 5) is 14.1. The molecule has 5 heterocycles. The van der Waals surface area contributed by atoms with Crippen molar-refractivity contribution in [2.45, 2.75) is 99.9 Å². The van der Waals surface area contributed by atoms with E-state index in [-0.39, 0.29) is 35.4 Å². The lowest BCUT2D eigenvalue weighted by molar-refractivity contribution is -0.477. The van der Waals surface area contributed by atoms with E-state index >= 15 is 0 Å². The second-order valence-corrected chi connectivity index (χ2v) is 18.8. The number of ether oxygens (including phenoxy) is 2. The van der Waals surface area contributed by atoms with E-state index < -0.39 is 36.3 Å². The quantitative estimate of drug-likeness (QED) is 0.161. The third-order valence-corrected chi connectivity index (χ3v) is 14.4. The van der Waals surface area contributed by atoms with Crippen molar-refractivity contribution in [3.05, 3.63) is 81.8 Å². The van der Waals surface area contributed by atoms with Crippen LogP contribution < -0.4 is 4.90 Å². The highest BCUT2D eigenvalue weighted by Gasteiger charge is 2.57. The standard InChI is InChI=1S/C38H44N2O9S2/c1-37(2)28-20-24(50(42,43)44)8-10-30(28)39-15-12-22-19-33-23(17-26(22)35(37)39)18-27-32(49-33)13-16-40-31-11-9-25(51(45,46)47)21-29(31)38(3,36(27)40)14-6-5-7-34(41)48-4/h8-11,17-18,20,22,25,32-33H,5-7,12-16,19,21H2,1-4H3,(H-,42,43,44,45,46,47)/p+1/t22-,25?,32-,33+,38?/m0/s1. The molecule has 0 bridgehead atoms. The third-order valence-electron chi connectivity index (χ3n) is 12.4. The van der Waals surface area contributed by atoms with Crippen LogP contribution >= 0.6 is 0 Å². The Hall–Kier alpha value is -3.36. The Balaban J connectivity index is 1.21. The zero-order valence-electron chi connectivity index (χ0n) is 29.4. The van der Waals surface area contributed by atoms with Crippen LogP contribution in [0.2, 0.25) is 0 Å². The molecule has 7 aliphatic rings. The van der Waals surface area contributed by atoms with Crippen LogP contribution in [-0.2, 0) is 39.9 Å². The highest BCUT2D eigenvalue weighted by Crippen LogP contribution is 2.56. The van der Waals surface area contributed by atoms with E-state index in [1.165, 1.54) is 18.7 Å². The van der Waals surface area contributed by atoms with Gasteiger partial charge < -0.3 is 14.4 Å². The van der Waals surface area contributed by atoms with Crippen molar-refractivity contribution in [2.75, 3.05) is 25.1 Å². The molecule has 51 heavy (non-hydrogen) atoms. The monoisotopic (exact) mass is 737 g/mol. The molecule has 2 aliphatic carbocycles. The van der Waals surface area contributed by atoms with Gasteiger partial charge in [0.05, 0.1) is 29.6 Å². The predicted octanol–water partition coefficient (Wildman–Crippen LogP) is 5.41. The van der Waals surface area contributed by atoms with Gasteiger partial charge in [-0.15, -0.1) is 0 Å². The molecule has 0 amide bonds. The van der Waals surface area contributed by atoms with Gasteiger partial charge in [0.15, 0.2) is 12.3 Å². The number of fused-ring (bicyclic) bond motifs is 8. The topological polar surface area (TPSA) is 151 Å². The first-order valence-electron chi connectivity index (χ1n) is 17.9. The van der Waals surface area contributed by atoms with Crippen LogP contribution in [0.4, 0.5) is 5.69 Å². The summed E-state index contributed by atoms with van der Waals surface area (Å²) in [5.41, 5.74) is 8.45. The zero-order valence-corrected chi connectivity index (χ0v) is 31.0. The number of carbonyl (C=O) groups excluding carboxylic acids is 1. The fraction of sp³-hybridized carbons (Fsp3) is 0.526. The zero-order chi connectivity index (χ0) is 36.2. The summed E-state index contributed by atoms with van der Waals surface area (Å²) in [6, 6.07) is 4.88. The Labute approximate surface area is 299 Å². The van der Waals surface area contributed by atoms with E-state index in [2.05, 4.69) is 42.4 Å². The van der Waals surface area contributed by atoms with Gasteiger partial charge in [-0.25, -0.2) is 0 Å². The maximum atomic E-state index is 12.4. The van der Waals surface area contributed by atoms with Crippen LogP contribution in [0.25, 0.3) is 0 Å². The summed E-state index contributed by atoms with van der Waals surface area (Å²) in [6.45, 7) is 7.93. The van der Waals surface area contributed by atoms with Crippen LogP contribution in [0, 0.1) is 11.3 Å². The van der Waals surface area contributed by atoms with Gasteiger partial charge in [0.1, 0.15) is 5.25 Å². The van der Waals surface area contributed by atoms with Crippen LogP contribution in [0.1, 0.15) is 77.7 Å². The first-order valence-corrected chi connectivity index (χ1v) is 20.8. The van der Waals surface area contributed by atoms with Crippen molar-refractivity contribution in [3.8, 4) is 0 Å². The Morgan fingerprint density at radius 2 is 1.86 bits per heavy atom. The summed E-state index contributed by atoms with van der Waals surface area (Å²) in [5.74, 6) is 0.0249. The molecular formula is C38H45N2O9S2+. The normalized spacial score (nSPS) is 30.4. The third kappa shape index (κ3) is 5.45.